The molecule has 0 aliphatic heterocycles. The van der Waals surface area contributed by atoms with Crippen molar-refractivity contribution in [3.8, 4) is 0 Å². The monoisotopic (exact) mass is 359 g/mol. The molecule has 0 spiro atoms. The van der Waals surface area contributed by atoms with Crippen molar-refractivity contribution in [2.45, 2.75) is 89.8 Å². The molecule has 146 valence electrons. The molecule has 1 aromatic rings. The van der Waals surface area contributed by atoms with E-state index >= 15 is 0 Å². The zero-order valence-electron chi connectivity index (χ0n) is 17.2. The van der Waals surface area contributed by atoms with Gasteiger partial charge in [-0.3, -0.25) is 4.79 Å². The van der Waals surface area contributed by atoms with Crippen molar-refractivity contribution in [3.05, 3.63) is 35.4 Å². The summed E-state index contributed by atoms with van der Waals surface area (Å²) in [5, 5.41) is 6.82. The molecule has 4 heteroatoms. The number of amides is 1. The largest absolute Gasteiger partial charge is 0.354 e. The molecule has 4 nitrogen and oxygen atoms in total. The van der Waals surface area contributed by atoms with Gasteiger partial charge in [-0.15, -0.1) is 0 Å². The topological polar surface area (TPSA) is 67.2 Å². The van der Waals surface area contributed by atoms with Crippen molar-refractivity contribution in [3.63, 3.8) is 0 Å². The van der Waals surface area contributed by atoms with Gasteiger partial charge in [-0.25, -0.2) is 0 Å². The molecule has 0 heterocycles. The molecule has 0 bridgehead atoms. The number of nitrogens with one attached hydrogen (secondary N) is 2. The number of carbonyl (C=O) groups excluding carboxylic acids is 1. The second kappa shape index (κ2) is 8.53. The van der Waals surface area contributed by atoms with E-state index in [0.717, 1.165) is 38.6 Å². The molecule has 26 heavy (non-hydrogen) atoms. The lowest BCUT2D eigenvalue weighted by atomic mass is 9.73. The molecule has 1 saturated carbocycles. The molecule has 1 aromatic carbocycles. The van der Waals surface area contributed by atoms with Gasteiger partial charge < -0.3 is 16.4 Å². The lowest BCUT2D eigenvalue weighted by molar-refractivity contribution is -0.119. The maximum Gasteiger partial charge on any atom is 0.217 e. The zero-order chi connectivity index (χ0) is 19.4. The number of hydrogen-bond donors (Lipinski definition) is 3. The lowest BCUT2D eigenvalue weighted by Crippen LogP contribution is -2.48. The van der Waals surface area contributed by atoms with E-state index in [0.29, 0.717) is 6.04 Å². The van der Waals surface area contributed by atoms with E-state index in [4.69, 9.17) is 5.73 Å². The summed E-state index contributed by atoms with van der Waals surface area (Å²) in [7, 11) is 0. The highest BCUT2D eigenvalue weighted by Crippen LogP contribution is 2.38. The average Bonchev–Trinajstić information content (AvgIpc) is 2.55. The maximum absolute atomic E-state index is 11.2. The number of hydrogen-bond acceptors (Lipinski definition) is 3. The Morgan fingerprint density at radius 1 is 1.31 bits per heavy atom. The first-order valence-electron chi connectivity index (χ1n) is 10.0. The van der Waals surface area contributed by atoms with Crippen molar-refractivity contribution >= 4 is 5.91 Å². The molecule has 4 N–H and O–H groups in total. The third-order valence-electron chi connectivity index (χ3n) is 5.66. The molecule has 1 atom stereocenters. The summed E-state index contributed by atoms with van der Waals surface area (Å²) in [6.45, 7) is 11.3. The molecular weight excluding hydrogens is 322 g/mol. The minimum atomic E-state index is -0.00687. The van der Waals surface area contributed by atoms with Crippen molar-refractivity contribution in [2.75, 3.05) is 6.54 Å². The Bertz CT molecular complexity index is 598. The summed E-state index contributed by atoms with van der Waals surface area (Å²) in [6.07, 6.45) is 5.15. The molecule has 1 amide bonds. The van der Waals surface area contributed by atoms with Crippen LogP contribution >= 0.6 is 0 Å². The Balaban J connectivity index is 2.16. The molecule has 1 aliphatic rings. The van der Waals surface area contributed by atoms with Gasteiger partial charge in [0.15, 0.2) is 0 Å². The number of benzene rings is 1. The summed E-state index contributed by atoms with van der Waals surface area (Å²) in [5.41, 5.74) is 9.08. The summed E-state index contributed by atoms with van der Waals surface area (Å²) in [5.74, 6) is 0.0359. The minimum absolute atomic E-state index is 0.00687. The summed E-state index contributed by atoms with van der Waals surface area (Å²) >= 11 is 0. The SMILES string of the molecule is CC(=O)N[C@@H](C)CCNC1(c2cccc(C(C)(C)C)c2)CCC(N)CC1. The maximum atomic E-state index is 11.2. The lowest BCUT2D eigenvalue weighted by Gasteiger charge is -2.41. The van der Waals surface area contributed by atoms with Gasteiger partial charge in [0.25, 0.3) is 0 Å². The van der Waals surface area contributed by atoms with Crippen LogP contribution in [-0.4, -0.2) is 24.5 Å². The van der Waals surface area contributed by atoms with Crippen LogP contribution in [0.5, 0.6) is 0 Å². The van der Waals surface area contributed by atoms with Crippen LogP contribution in [0.15, 0.2) is 24.3 Å². The smallest absolute Gasteiger partial charge is 0.217 e. The Morgan fingerprint density at radius 3 is 2.54 bits per heavy atom. The number of nitrogens with two attached hydrogens (primary N) is 1. The van der Waals surface area contributed by atoms with Gasteiger partial charge in [-0.1, -0.05) is 45.0 Å². The predicted octanol–water partition coefficient (Wildman–Crippen LogP) is 3.59. The van der Waals surface area contributed by atoms with Gasteiger partial charge in [-0.2, -0.15) is 0 Å². The highest BCUT2D eigenvalue weighted by atomic mass is 16.1. The van der Waals surface area contributed by atoms with E-state index < -0.39 is 0 Å². The van der Waals surface area contributed by atoms with Gasteiger partial charge in [0.2, 0.25) is 5.91 Å². The predicted molar refractivity (Wildman–Crippen MR) is 109 cm³/mol. The third-order valence-corrected chi connectivity index (χ3v) is 5.66. The summed E-state index contributed by atoms with van der Waals surface area (Å²) in [4.78, 5) is 11.2. The van der Waals surface area contributed by atoms with Crippen LogP contribution in [0.1, 0.15) is 77.8 Å². The van der Waals surface area contributed by atoms with Crippen molar-refractivity contribution in [1.29, 1.82) is 0 Å². The molecule has 0 radical (unpaired) electrons. The molecule has 0 aromatic heterocycles. The highest BCUT2D eigenvalue weighted by Gasteiger charge is 2.36. The van der Waals surface area contributed by atoms with Crippen molar-refractivity contribution < 1.29 is 4.79 Å². The van der Waals surface area contributed by atoms with Crippen LogP contribution in [0.25, 0.3) is 0 Å². The summed E-state index contributed by atoms with van der Waals surface area (Å²) in [6, 6.07) is 9.55. The molecule has 0 unspecified atom stereocenters. The first-order valence-corrected chi connectivity index (χ1v) is 10.0. The standard InChI is InChI=1S/C22H37N3O/c1-16(25-17(2)26)11-14-24-22(12-9-20(23)10-13-22)19-8-6-7-18(15-19)21(3,4)5/h6-8,15-16,20,24H,9-14,23H2,1-5H3,(H,25,26)/t16-,20?,22?/m0/s1. The Labute approximate surface area is 159 Å². The van der Waals surface area contributed by atoms with E-state index in [1.54, 1.807) is 6.92 Å². The number of rotatable bonds is 6. The fraction of sp³-hybridized carbons (Fsp3) is 0.682. The number of carbonyl (C=O) groups is 1. The van der Waals surface area contributed by atoms with Crippen LogP contribution in [0.4, 0.5) is 0 Å². The first kappa shape index (κ1) is 20.9. The molecule has 1 aliphatic carbocycles. The highest BCUT2D eigenvalue weighted by molar-refractivity contribution is 5.73. The van der Waals surface area contributed by atoms with Crippen LogP contribution in [0.3, 0.4) is 0 Å². The van der Waals surface area contributed by atoms with Crippen LogP contribution < -0.4 is 16.4 Å². The fourth-order valence-electron chi connectivity index (χ4n) is 3.93. The average molecular weight is 360 g/mol. The van der Waals surface area contributed by atoms with E-state index in [2.05, 4.69) is 62.6 Å². The quantitative estimate of drug-likeness (QED) is 0.727. The van der Waals surface area contributed by atoms with E-state index in [1.165, 1.54) is 11.1 Å². The molecule has 2 rings (SSSR count). The Kier molecular flexibility index (Phi) is 6.86. The van der Waals surface area contributed by atoms with Crippen LogP contribution in [0, 0.1) is 0 Å². The van der Waals surface area contributed by atoms with Gasteiger partial charge in [-0.05, 0) is 62.1 Å². The normalized spacial score (nSPS) is 24.9. The van der Waals surface area contributed by atoms with E-state index in [-0.39, 0.29) is 22.9 Å². The molecule has 1 fully saturated rings. The van der Waals surface area contributed by atoms with Crippen LogP contribution in [-0.2, 0) is 15.7 Å². The second-order valence-corrected chi connectivity index (χ2v) is 9.07. The minimum Gasteiger partial charge on any atom is -0.354 e. The van der Waals surface area contributed by atoms with Gasteiger partial charge >= 0.3 is 0 Å². The third kappa shape index (κ3) is 5.55. The van der Waals surface area contributed by atoms with Gasteiger partial charge in [0.1, 0.15) is 0 Å². The van der Waals surface area contributed by atoms with Crippen molar-refractivity contribution in [1.82, 2.24) is 10.6 Å². The fourth-order valence-corrected chi connectivity index (χ4v) is 3.93. The Morgan fingerprint density at radius 2 is 1.96 bits per heavy atom. The van der Waals surface area contributed by atoms with Crippen LogP contribution in [0.2, 0.25) is 0 Å². The summed E-state index contributed by atoms with van der Waals surface area (Å²) < 4.78 is 0. The Hall–Kier alpha value is -1.39. The van der Waals surface area contributed by atoms with E-state index in [1.807, 2.05) is 0 Å². The second-order valence-electron chi connectivity index (χ2n) is 9.07. The zero-order valence-corrected chi connectivity index (χ0v) is 17.2. The van der Waals surface area contributed by atoms with Gasteiger partial charge in [0.05, 0.1) is 0 Å². The van der Waals surface area contributed by atoms with Crippen molar-refractivity contribution in [2.24, 2.45) is 5.73 Å². The first-order chi connectivity index (χ1) is 12.1. The molecular formula is C22H37N3O. The molecule has 0 saturated heterocycles. The van der Waals surface area contributed by atoms with Gasteiger partial charge in [0, 0.05) is 24.5 Å². The van der Waals surface area contributed by atoms with E-state index in [9.17, 15) is 4.79 Å².